The summed E-state index contributed by atoms with van der Waals surface area (Å²) in [5.74, 6) is 1.44. The summed E-state index contributed by atoms with van der Waals surface area (Å²) in [4.78, 5) is 8.33. The van der Waals surface area contributed by atoms with E-state index in [2.05, 4.69) is 15.2 Å². The van der Waals surface area contributed by atoms with Gasteiger partial charge >= 0.3 is 0 Å². The summed E-state index contributed by atoms with van der Waals surface area (Å²) >= 11 is 0. The maximum atomic E-state index is 13.9. The molecule has 0 heterocycles. The van der Waals surface area contributed by atoms with Crippen molar-refractivity contribution in [2.24, 2.45) is 10.9 Å². The van der Waals surface area contributed by atoms with Crippen LogP contribution in [0, 0.1) is 11.7 Å². The molecule has 0 aliphatic heterocycles. The van der Waals surface area contributed by atoms with Crippen molar-refractivity contribution in [2.45, 2.75) is 25.9 Å². The molecule has 1 aromatic rings. The van der Waals surface area contributed by atoms with Gasteiger partial charge in [-0.3, -0.25) is 4.99 Å². The molecule has 0 saturated heterocycles. The van der Waals surface area contributed by atoms with E-state index in [0.29, 0.717) is 25.3 Å². The summed E-state index contributed by atoms with van der Waals surface area (Å²) < 4.78 is 19.5. The van der Waals surface area contributed by atoms with Crippen LogP contribution in [0.15, 0.2) is 23.2 Å². The fourth-order valence-corrected chi connectivity index (χ4v) is 2.61. The minimum atomic E-state index is -0.160. The van der Waals surface area contributed by atoms with Crippen LogP contribution in [0.5, 0.6) is 0 Å². The summed E-state index contributed by atoms with van der Waals surface area (Å²) in [5, 5.41) is 3.33. The van der Waals surface area contributed by atoms with Crippen LogP contribution in [0.25, 0.3) is 0 Å². The number of aliphatic imine (C=N–C) groups is 1. The van der Waals surface area contributed by atoms with Gasteiger partial charge in [0.2, 0.25) is 0 Å². The Labute approximate surface area is 174 Å². The number of benzene rings is 1. The Balaban J connectivity index is 0.00000338. The lowest BCUT2D eigenvalue weighted by atomic mass is 10.1. The van der Waals surface area contributed by atoms with Crippen molar-refractivity contribution < 1.29 is 9.13 Å². The van der Waals surface area contributed by atoms with Gasteiger partial charge in [-0.1, -0.05) is 6.07 Å². The van der Waals surface area contributed by atoms with Crippen LogP contribution in [0.2, 0.25) is 0 Å². The van der Waals surface area contributed by atoms with Crippen molar-refractivity contribution in [3.63, 3.8) is 0 Å². The first kappa shape index (κ1) is 23.1. The molecule has 148 valence electrons. The highest BCUT2D eigenvalue weighted by Crippen LogP contribution is 2.28. The zero-order valence-corrected chi connectivity index (χ0v) is 18.6. The van der Waals surface area contributed by atoms with E-state index in [1.54, 1.807) is 7.05 Å². The Morgan fingerprint density at radius 2 is 2.04 bits per heavy atom. The smallest absolute Gasteiger partial charge is 0.193 e. The van der Waals surface area contributed by atoms with Crippen LogP contribution in [-0.2, 0) is 17.8 Å². The molecule has 1 saturated carbocycles. The van der Waals surface area contributed by atoms with E-state index in [1.165, 1.54) is 18.9 Å². The molecule has 0 unspecified atom stereocenters. The average Bonchev–Trinajstić information content (AvgIpc) is 3.39. The Kier molecular flexibility index (Phi) is 10.4. The Morgan fingerprint density at radius 1 is 1.31 bits per heavy atom. The van der Waals surface area contributed by atoms with Crippen molar-refractivity contribution >= 4 is 29.9 Å². The number of ether oxygens (including phenoxy) is 1. The molecule has 0 aromatic heterocycles. The molecule has 26 heavy (non-hydrogen) atoms. The quantitative estimate of drug-likeness (QED) is 0.257. The topological polar surface area (TPSA) is 40.1 Å². The van der Waals surface area contributed by atoms with Crippen LogP contribution in [-0.4, -0.2) is 63.7 Å². The zero-order chi connectivity index (χ0) is 18.2. The molecule has 0 atom stereocenters. The molecule has 0 bridgehead atoms. The maximum absolute atomic E-state index is 13.9. The fraction of sp³-hybridized carbons (Fsp3) is 0.632. The first-order valence-corrected chi connectivity index (χ1v) is 8.91. The second kappa shape index (κ2) is 11.7. The number of guanidine groups is 1. The third-order valence-electron chi connectivity index (χ3n) is 4.24. The molecule has 1 aliphatic carbocycles. The van der Waals surface area contributed by atoms with Gasteiger partial charge < -0.3 is 19.9 Å². The fourth-order valence-electron chi connectivity index (χ4n) is 2.61. The molecule has 0 radical (unpaired) electrons. The van der Waals surface area contributed by atoms with Gasteiger partial charge in [-0.15, -0.1) is 24.0 Å². The highest BCUT2D eigenvalue weighted by Gasteiger charge is 2.21. The number of hydrogen-bond acceptors (Lipinski definition) is 3. The summed E-state index contributed by atoms with van der Waals surface area (Å²) in [7, 11) is 7.64. The second-order valence-electron chi connectivity index (χ2n) is 7.00. The maximum Gasteiger partial charge on any atom is 0.193 e. The molecule has 0 spiro atoms. The normalized spacial score (nSPS) is 14.3. The predicted molar refractivity (Wildman–Crippen MR) is 116 cm³/mol. The lowest BCUT2D eigenvalue weighted by Crippen LogP contribution is -2.40. The number of nitrogens with one attached hydrogen (secondary N) is 1. The van der Waals surface area contributed by atoms with E-state index in [1.807, 2.05) is 38.2 Å². The molecule has 1 aliphatic rings. The van der Waals surface area contributed by atoms with Crippen LogP contribution in [0.1, 0.15) is 24.0 Å². The van der Waals surface area contributed by atoms with Crippen LogP contribution < -0.4 is 5.32 Å². The third kappa shape index (κ3) is 8.18. The second-order valence-corrected chi connectivity index (χ2v) is 7.00. The van der Waals surface area contributed by atoms with Crippen molar-refractivity contribution in [3.05, 3.63) is 35.1 Å². The molecule has 5 nitrogen and oxygen atoms in total. The van der Waals surface area contributed by atoms with Gasteiger partial charge in [-0.2, -0.15) is 0 Å². The Morgan fingerprint density at radius 3 is 2.65 bits per heavy atom. The highest BCUT2D eigenvalue weighted by molar-refractivity contribution is 14.0. The monoisotopic (exact) mass is 478 g/mol. The van der Waals surface area contributed by atoms with Gasteiger partial charge in [0.15, 0.2) is 5.96 Å². The van der Waals surface area contributed by atoms with Crippen molar-refractivity contribution in [3.8, 4) is 0 Å². The highest BCUT2D eigenvalue weighted by atomic mass is 127. The zero-order valence-electron chi connectivity index (χ0n) is 16.3. The number of likely N-dealkylation sites (N-methyl/N-ethyl adjacent to an activating group) is 1. The lowest BCUT2D eigenvalue weighted by molar-refractivity contribution is 0.115. The lowest BCUT2D eigenvalue weighted by Gasteiger charge is -2.22. The number of halogens is 2. The van der Waals surface area contributed by atoms with Crippen molar-refractivity contribution in [2.75, 3.05) is 47.9 Å². The van der Waals surface area contributed by atoms with E-state index >= 15 is 0 Å². The SMILES string of the molecule is CN=C(NCc1ccc(F)c(CN(C)C)c1)N(C)CCOCC1CC1.I. The van der Waals surface area contributed by atoms with Crippen molar-refractivity contribution in [1.82, 2.24) is 15.1 Å². The van der Waals surface area contributed by atoms with E-state index in [4.69, 9.17) is 4.74 Å². The van der Waals surface area contributed by atoms with Crippen LogP contribution in [0.3, 0.4) is 0 Å². The summed E-state index contributed by atoms with van der Waals surface area (Å²) in [6, 6.07) is 5.26. The minimum Gasteiger partial charge on any atom is -0.379 e. The minimum absolute atomic E-state index is 0. The van der Waals surface area contributed by atoms with E-state index in [9.17, 15) is 4.39 Å². The summed E-state index contributed by atoms with van der Waals surface area (Å²) in [6.45, 7) is 3.58. The average molecular weight is 478 g/mol. The van der Waals surface area contributed by atoms with Crippen LogP contribution in [0.4, 0.5) is 4.39 Å². The van der Waals surface area contributed by atoms with Crippen molar-refractivity contribution in [1.29, 1.82) is 0 Å². The summed E-state index contributed by atoms with van der Waals surface area (Å²) in [5.41, 5.74) is 1.75. The van der Waals surface area contributed by atoms with Gasteiger partial charge in [0.25, 0.3) is 0 Å². The molecule has 0 amide bonds. The Hall–Kier alpha value is -0.930. The molecule has 1 N–H and O–H groups in total. The number of rotatable bonds is 9. The van der Waals surface area contributed by atoms with E-state index in [0.717, 1.165) is 30.6 Å². The van der Waals surface area contributed by atoms with Crippen LogP contribution >= 0.6 is 24.0 Å². The molecule has 1 fully saturated rings. The number of nitrogens with zero attached hydrogens (tertiary/aromatic N) is 3. The number of hydrogen-bond donors (Lipinski definition) is 1. The van der Waals surface area contributed by atoms with Gasteiger partial charge in [-0.05, 0) is 50.6 Å². The van der Waals surface area contributed by atoms with Gasteiger partial charge in [-0.25, -0.2) is 4.39 Å². The molecule has 7 heteroatoms. The van der Waals surface area contributed by atoms with E-state index < -0.39 is 0 Å². The van der Waals surface area contributed by atoms with Gasteiger partial charge in [0.05, 0.1) is 6.61 Å². The first-order valence-electron chi connectivity index (χ1n) is 8.91. The Bertz CT molecular complexity index is 579. The van der Waals surface area contributed by atoms with E-state index in [-0.39, 0.29) is 29.8 Å². The van der Waals surface area contributed by atoms with Gasteiger partial charge in [0.1, 0.15) is 5.82 Å². The largest absolute Gasteiger partial charge is 0.379 e. The first-order chi connectivity index (χ1) is 12.0. The predicted octanol–water partition coefficient (Wildman–Crippen LogP) is 2.94. The molecule has 1 aromatic carbocycles. The molecular weight excluding hydrogens is 446 g/mol. The summed E-state index contributed by atoms with van der Waals surface area (Å²) in [6.07, 6.45) is 2.62. The molecule has 2 rings (SSSR count). The third-order valence-corrected chi connectivity index (χ3v) is 4.24. The molecular formula is C19H32FIN4O. The standard InChI is InChI=1S/C19H31FN4O.HI/c1-21-19(24(4)9-10-25-14-15-5-6-15)22-12-16-7-8-18(20)17(11-16)13-23(2)3;/h7-8,11,15H,5-6,9-10,12-14H2,1-4H3,(H,21,22);1H. The van der Waals surface area contributed by atoms with Gasteiger partial charge in [0, 0.05) is 45.9 Å².